The zero-order valence-corrected chi connectivity index (χ0v) is 12.5. The van der Waals surface area contributed by atoms with Gasteiger partial charge in [-0.2, -0.15) is 0 Å². The van der Waals surface area contributed by atoms with Gasteiger partial charge in [0, 0.05) is 12.2 Å². The van der Waals surface area contributed by atoms with E-state index < -0.39 is 29.7 Å². The fourth-order valence-corrected chi connectivity index (χ4v) is 3.78. The first-order chi connectivity index (χ1) is 9.19. The van der Waals surface area contributed by atoms with Crippen molar-refractivity contribution in [3.63, 3.8) is 0 Å². The van der Waals surface area contributed by atoms with E-state index in [2.05, 4.69) is 5.32 Å². The number of fused-ring (bicyclic) bond motifs is 1. The van der Waals surface area contributed by atoms with E-state index in [4.69, 9.17) is 10.5 Å². The van der Waals surface area contributed by atoms with Crippen LogP contribution in [0, 0.1) is 0 Å². The number of rotatable bonds is 2. The minimum Gasteiger partial charge on any atom is -0.444 e. The number of carbonyl (C=O) groups excluding carboxylic acids is 3. The number of amides is 3. The van der Waals surface area contributed by atoms with E-state index in [-0.39, 0.29) is 11.3 Å². The van der Waals surface area contributed by atoms with Crippen LogP contribution in [-0.4, -0.2) is 51.6 Å². The van der Waals surface area contributed by atoms with Gasteiger partial charge in [-0.3, -0.25) is 9.59 Å². The zero-order valence-electron chi connectivity index (χ0n) is 11.7. The Kier molecular flexibility index (Phi) is 3.86. The van der Waals surface area contributed by atoms with Crippen molar-refractivity contribution in [2.75, 3.05) is 5.75 Å². The molecule has 7 nitrogen and oxygen atoms in total. The normalized spacial score (nSPS) is 29.2. The standard InChI is InChI=1S/C12H19N3O4S/c1-12(2,3)19-11(18)14-6-4-8-15(10(6)17)7(5-20-8)9(13)16/h6-8H,4-5H2,1-3H3,(H2,13,16)(H,14,18)/t6-,7+,8-/m1/s1. The Bertz CT molecular complexity index is 448. The minimum atomic E-state index is -0.649. The van der Waals surface area contributed by atoms with Crippen molar-refractivity contribution in [2.24, 2.45) is 5.73 Å². The number of hydrogen-bond acceptors (Lipinski definition) is 5. The number of nitrogens with one attached hydrogen (secondary N) is 1. The molecule has 0 aromatic carbocycles. The Morgan fingerprint density at radius 2 is 2.10 bits per heavy atom. The van der Waals surface area contributed by atoms with Crippen LogP contribution in [0.25, 0.3) is 0 Å². The largest absolute Gasteiger partial charge is 0.444 e. The van der Waals surface area contributed by atoms with Gasteiger partial charge in [0.05, 0.1) is 5.37 Å². The molecule has 0 spiro atoms. The lowest BCUT2D eigenvalue weighted by molar-refractivity contribution is -0.136. The lowest BCUT2D eigenvalue weighted by Crippen LogP contribution is -2.49. The predicted molar refractivity (Wildman–Crippen MR) is 73.8 cm³/mol. The van der Waals surface area contributed by atoms with E-state index in [1.807, 2.05) is 0 Å². The third-order valence-corrected chi connectivity index (χ3v) is 4.41. The maximum atomic E-state index is 12.2. The Labute approximate surface area is 121 Å². The van der Waals surface area contributed by atoms with Crippen LogP contribution in [0.2, 0.25) is 0 Å². The van der Waals surface area contributed by atoms with Gasteiger partial charge < -0.3 is 20.7 Å². The fraction of sp³-hybridized carbons (Fsp3) is 0.750. The van der Waals surface area contributed by atoms with Crippen LogP contribution in [0.4, 0.5) is 4.79 Å². The van der Waals surface area contributed by atoms with Crippen LogP contribution in [-0.2, 0) is 14.3 Å². The van der Waals surface area contributed by atoms with Gasteiger partial charge in [-0.25, -0.2) is 4.79 Å². The van der Waals surface area contributed by atoms with Crippen LogP contribution in [0.5, 0.6) is 0 Å². The molecule has 2 heterocycles. The average molecular weight is 301 g/mol. The Hall–Kier alpha value is -1.44. The second kappa shape index (κ2) is 5.16. The van der Waals surface area contributed by atoms with E-state index in [1.165, 1.54) is 16.7 Å². The van der Waals surface area contributed by atoms with E-state index >= 15 is 0 Å². The zero-order chi connectivity index (χ0) is 15.1. The molecule has 2 aliphatic heterocycles. The molecule has 3 amide bonds. The monoisotopic (exact) mass is 301 g/mol. The van der Waals surface area contributed by atoms with Gasteiger partial charge in [-0.1, -0.05) is 0 Å². The highest BCUT2D eigenvalue weighted by atomic mass is 32.2. The second-order valence-corrected chi connectivity index (χ2v) is 7.10. The smallest absolute Gasteiger partial charge is 0.408 e. The molecule has 20 heavy (non-hydrogen) atoms. The molecule has 3 N–H and O–H groups in total. The molecule has 3 atom stereocenters. The van der Waals surface area contributed by atoms with E-state index in [9.17, 15) is 14.4 Å². The molecule has 112 valence electrons. The molecule has 0 bridgehead atoms. The topological polar surface area (TPSA) is 102 Å². The lowest BCUT2D eigenvalue weighted by Gasteiger charge is -2.22. The molecule has 2 saturated heterocycles. The molecular formula is C12H19N3O4S. The minimum absolute atomic E-state index is 0.0973. The third kappa shape index (κ3) is 3.00. The number of nitrogens with two attached hydrogens (primary N) is 1. The van der Waals surface area contributed by atoms with Gasteiger partial charge in [0.25, 0.3) is 0 Å². The Morgan fingerprint density at radius 1 is 1.45 bits per heavy atom. The summed E-state index contributed by atoms with van der Waals surface area (Å²) >= 11 is 1.51. The van der Waals surface area contributed by atoms with Crippen LogP contribution < -0.4 is 11.1 Å². The number of thioether (sulfide) groups is 1. The summed E-state index contributed by atoms with van der Waals surface area (Å²) in [5, 5.41) is 2.46. The number of hydrogen-bond donors (Lipinski definition) is 2. The molecule has 2 aliphatic rings. The number of carbonyl (C=O) groups is 3. The summed E-state index contributed by atoms with van der Waals surface area (Å²) in [5.74, 6) is -0.258. The summed E-state index contributed by atoms with van der Waals surface area (Å²) in [6, 6.07) is -1.23. The number of primary amides is 1. The van der Waals surface area contributed by atoms with Crippen molar-refractivity contribution < 1.29 is 19.1 Å². The number of ether oxygens (including phenoxy) is 1. The molecule has 0 unspecified atom stereocenters. The molecule has 0 saturated carbocycles. The summed E-state index contributed by atoms with van der Waals surface area (Å²) < 4.78 is 5.13. The molecule has 2 rings (SSSR count). The van der Waals surface area contributed by atoms with Gasteiger partial charge in [0.15, 0.2) is 0 Å². The maximum Gasteiger partial charge on any atom is 0.408 e. The highest BCUT2D eigenvalue weighted by molar-refractivity contribution is 8.00. The van der Waals surface area contributed by atoms with E-state index in [0.717, 1.165) is 0 Å². The van der Waals surface area contributed by atoms with Crippen molar-refractivity contribution in [1.29, 1.82) is 0 Å². The van der Waals surface area contributed by atoms with Gasteiger partial charge in [-0.05, 0) is 20.8 Å². The number of alkyl carbamates (subject to hydrolysis) is 1. The highest BCUT2D eigenvalue weighted by Gasteiger charge is 2.49. The first-order valence-electron chi connectivity index (χ1n) is 6.41. The molecule has 2 fully saturated rings. The highest BCUT2D eigenvalue weighted by Crippen LogP contribution is 2.37. The van der Waals surface area contributed by atoms with Crippen molar-refractivity contribution in [2.45, 2.75) is 50.3 Å². The fourth-order valence-electron chi connectivity index (χ4n) is 2.31. The molecule has 0 aromatic heterocycles. The van der Waals surface area contributed by atoms with Gasteiger partial charge in [0.2, 0.25) is 11.8 Å². The van der Waals surface area contributed by atoms with Crippen molar-refractivity contribution in [3.8, 4) is 0 Å². The summed E-state index contributed by atoms with van der Waals surface area (Å²) in [4.78, 5) is 36.7. The molecule has 8 heteroatoms. The van der Waals surface area contributed by atoms with Gasteiger partial charge in [-0.15, -0.1) is 11.8 Å². The van der Waals surface area contributed by atoms with Gasteiger partial charge >= 0.3 is 6.09 Å². The Balaban J connectivity index is 1.98. The SMILES string of the molecule is CC(C)(C)OC(=O)N[C@@H]1C[C@H]2SC[C@@H](C(N)=O)N2C1=O. The van der Waals surface area contributed by atoms with Crippen LogP contribution in [0.15, 0.2) is 0 Å². The Morgan fingerprint density at radius 3 is 2.65 bits per heavy atom. The van der Waals surface area contributed by atoms with Gasteiger partial charge in [0.1, 0.15) is 17.7 Å². The quantitative estimate of drug-likeness (QED) is 0.750. The second-order valence-electron chi connectivity index (χ2n) is 5.89. The summed E-state index contributed by atoms with van der Waals surface area (Å²) in [7, 11) is 0. The summed E-state index contributed by atoms with van der Waals surface area (Å²) in [6.07, 6.45) is -0.162. The summed E-state index contributed by atoms with van der Waals surface area (Å²) in [6.45, 7) is 5.25. The van der Waals surface area contributed by atoms with Crippen LogP contribution in [0.1, 0.15) is 27.2 Å². The van der Waals surface area contributed by atoms with Crippen molar-refractivity contribution >= 4 is 29.7 Å². The van der Waals surface area contributed by atoms with Crippen molar-refractivity contribution in [1.82, 2.24) is 10.2 Å². The van der Waals surface area contributed by atoms with Crippen LogP contribution in [0.3, 0.4) is 0 Å². The first-order valence-corrected chi connectivity index (χ1v) is 7.46. The predicted octanol–water partition coefficient (Wildman–Crippen LogP) is 0.0388. The summed E-state index contributed by atoms with van der Waals surface area (Å²) in [5.41, 5.74) is 4.67. The third-order valence-electron chi connectivity index (χ3n) is 3.10. The first kappa shape index (κ1) is 15.0. The molecule has 0 aliphatic carbocycles. The maximum absolute atomic E-state index is 12.2. The van der Waals surface area contributed by atoms with E-state index in [0.29, 0.717) is 12.2 Å². The van der Waals surface area contributed by atoms with Crippen molar-refractivity contribution in [3.05, 3.63) is 0 Å². The van der Waals surface area contributed by atoms with E-state index in [1.54, 1.807) is 20.8 Å². The lowest BCUT2D eigenvalue weighted by atomic mass is 10.2. The van der Waals surface area contributed by atoms with Crippen LogP contribution >= 0.6 is 11.8 Å². The molecule has 0 aromatic rings. The average Bonchev–Trinajstić information content (AvgIpc) is 2.78. The molecular weight excluding hydrogens is 282 g/mol. The molecule has 0 radical (unpaired) electrons. The number of nitrogens with zero attached hydrogens (tertiary/aromatic N) is 1.